The lowest BCUT2D eigenvalue weighted by Gasteiger charge is -2.20. The number of aryl methyl sites for hydroxylation is 3. The summed E-state index contributed by atoms with van der Waals surface area (Å²) in [4.78, 5) is 2.25. The smallest absolute Gasteiger partial charge is 0.0767 e. The van der Waals surface area contributed by atoms with E-state index in [1.807, 2.05) is 11.7 Å². The number of anilines is 1. The molecule has 4 heteroatoms. The normalized spacial score (nSPS) is 10.8. The van der Waals surface area contributed by atoms with Crippen LogP contribution in [-0.4, -0.2) is 16.8 Å². The summed E-state index contributed by atoms with van der Waals surface area (Å²) < 4.78 is 3.11. The fourth-order valence-electron chi connectivity index (χ4n) is 2.29. The van der Waals surface area contributed by atoms with Gasteiger partial charge < -0.3 is 4.90 Å². The van der Waals surface area contributed by atoms with E-state index < -0.39 is 0 Å². The summed E-state index contributed by atoms with van der Waals surface area (Å²) in [5.74, 6) is 0. The first-order valence-electron chi connectivity index (χ1n) is 7.07. The Morgan fingerprint density at radius 1 is 1.15 bits per heavy atom. The van der Waals surface area contributed by atoms with Crippen LogP contribution < -0.4 is 4.90 Å². The van der Waals surface area contributed by atoms with Crippen molar-refractivity contribution in [2.45, 2.75) is 33.2 Å². The topological polar surface area (TPSA) is 21.1 Å². The van der Waals surface area contributed by atoms with Crippen LogP contribution in [0, 0.1) is 0 Å². The van der Waals surface area contributed by atoms with Crippen molar-refractivity contribution < 1.29 is 0 Å². The summed E-state index contributed by atoms with van der Waals surface area (Å²) in [7, 11) is 4.12. The summed E-state index contributed by atoms with van der Waals surface area (Å²) in [5.41, 5.74) is 4.94. The third kappa shape index (κ3) is 3.06. The minimum atomic E-state index is 0.843. The van der Waals surface area contributed by atoms with Gasteiger partial charge in [-0.05, 0) is 46.5 Å². The Bertz CT molecular complexity index is 572. The first-order valence-corrected chi connectivity index (χ1v) is 7.86. The van der Waals surface area contributed by atoms with Gasteiger partial charge in [-0.15, -0.1) is 0 Å². The summed E-state index contributed by atoms with van der Waals surface area (Å²) in [6.45, 7) is 5.15. The van der Waals surface area contributed by atoms with Gasteiger partial charge in [0.25, 0.3) is 0 Å². The molecule has 0 aliphatic heterocycles. The Labute approximate surface area is 129 Å². The SMILES string of the molecule is CCc1ccc(N(C)Cc2c(Br)c(CC)nn2C)cc1. The number of aromatic nitrogens is 2. The molecular formula is C16H22BrN3. The zero-order valence-corrected chi connectivity index (χ0v) is 14.2. The van der Waals surface area contributed by atoms with E-state index in [-0.39, 0.29) is 0 Å². The highest BCUT2D eigenvalue weighted by Crippen LogP contribution is 2.24. The van der Waals surface area contributed by atoms with Crippen LogP contribution in [0.5, 0.6) is 0 Å². The molecular weight excluding hydrogens is 314 g/mol. The summed E-state index contributed by atoms with van der Waals surface area (Å²) in [6, 6.07) is 8.76. The predicted octanol–water partition coefficient (Wildman–Crippen LogP) is 3.94. The van der Waals surface area contributed by atoms with Gasteiger partial charge in [0.1, 0.15) is 0 Å². The Hall–Kier alpha value is -1.29. The first kappa shape index (κ1) is 15.1. The van der Waals surface area contributed by atoms with Crippen molar-refractivity contribution in [3.63, 3.8) is 0 Å². The maximum absolute atomic E-state index is 4.55. The van der Waals surface area contributed by atoms with Crippen molar-refractivity contribution in [2.24, 2.45) is 7.05 Å². The molecule has 0 saturated carbocycles. The van der Waals surface area contributed by atoms with Gasteiger partial charge in [0.05, 0.1) is 22.4 Å². The quantitative estimate of drug-likeness (QED) is 0.825. The number of hydrogen-bond acceptors (Lipinski definition) is 2. The predicted molar refractivity (Wildman–Crippen MR) is 88.2 cm³/mol. The summed E-state index contributed by atoms with van der Waals surface area (Å²) in [5, 5.41) is 4.55. The molecule has 0 aliphatic carbocycles. The standard InChI is InChI=1S/C16H22BrN3/c1-5-12-7-9-13(10-8-12)19(3)11-15-16(17)14(6-2)18-20(15)4/h7-10H,5-6,11H2,1-4H3. The van der Waals surface area contributed by atoms with Gasteiger partial charge >= 0.3 is 0 Å². The number of nitrogens with zero attached hydrogens (tertiary/aromatic N) is 3. The number of benzene rings is 1. The molecule has 0 bridgehead atoms. The van der Waals surface area contributed by atoms with Crippen molar-refractivity contribution in [2.75, 3.05) is 11.9 Å². The lowest BCUT2D eigenvalue weighted by molar-refractivity contribution is 0.688. The monoisotopic (exact) mass is 335 g/mol. The van der Waals surface area contributed by atoms with E-state index in [2.05, 4.69) is 71.1 Å². The summed E-state index contributed by atoms with van der Waals surface area (Å²) in [6.07, 6.45) is 2.03. The van der Waals surface area contributed by atoms with Crippen molar-refractivity contribution in [3.8, 4) is 0 Å². The van der Waals surface area contributed by atoms with Gasteiger partial charge in [-0.1, -0.05) is 26.0 Å². The molecule has 2 aromatic rings. The van der Waals surface area contributed by atoms with E-state index in [1.54, 1.807) is 0 Å². The molecule has 0 fully saturated rings. The van der Waals surface area contributed by atoms with Crippen LogP contribution in [0.3, 0.4) is 0 Å². The Morgan fingerprint density at radius 3 is 2.30 bits per heavy atom. The van der Waals surface area contributed by atoms with Gasteiger partial charge in [0, 0.05) is 19.8 Å². The maximum Gasteiger partial charge on any atom is 0.0767 e. The third-order valence-electron chi connectivity index (χ3n) is 3.68. The highest BCUT2D eigenvalue weighted by Gasteiger charge is 2.14. The van der Waals surface area contributed by atoms with Crippen LogP contribution in [0.4, 0.5) is 5.69 Å². The molecule has 3 nitrogen and oxygen atoms in total. The molecule has 20 heavy (non-hydrogen) atoms. The van der Waals surface area contributed by atoms with Crippen LogP contribution in [0.25, 0.3) is 0 Å². The van der Waals surface area contributed by atoms with Crippen molar-refractivity contribution in [3.05, 3.63) is 45.7 Å². The van der Waals surface area contributed by atoms with Gasteiger partial charge in [0.2, 0.25) is 0 Å². The van der Waals surface area contributed by atoms with Crippen molar-refractivity contribution in [1.29, 1.82) is 0 Å². The minimum absolute atomic E-state index is 0.843. The zero-order chi connectivity index (χ0) is 14.7. The van der Waals surface area contributed by atoms with Gasteiger partial charge in [-0.25, -0.2) is 0 Å². The van der Waals surface area contributed by atoms with Gasteiger partial charge in [-0.3, -0.25) is 4.68 Å². The molecule has 1 aromatic heterocycles. The molecule has 0 saturated heterocycles. The number of rotatable bonds is 5. The van der Waals surface area contributed by atoms with E-state index in [0.717, 1.165) is 29.6 Å². The lowest BCUT2D eigenvalue weighted by atomic mass is 10.1. The van der Waals surface area contributed by atoms with Gasteiger partial charge in [-0.2, -0.15) is 5.10 Å². The highest BCUT2D eigenvalue weighted by molar-refractivity contribution is 9.10. The van der Waals surface area contributed by atoms with Crippen LogP contribution in [0.2, 0.25) is 0 Å². The Balaban J connectivity index is 2.18. The number of halogens is 1. The molecule has 0 aliphatic rings. The van der Waals surface area contributed by atoms with Gasteiger partial charge in [0.15, 0.2) is 0 Å². The van der Waals surface area contributed by atoms with Crippen molar-refractivity contribution >= 4 is 21.6 Å². The molecule has 0 amide bonds. The van der Waals surface area contributed by atoms with Crippen LogP contribution in [-0.2, 0) is 26.4 Å². The molecule has 1 heterocycles. The third-order valence-corrected chi connectivity index (χ3v) is 4.59. The molecule has 0 atom stereocenters. The molecule has 0 unspecified atom stereocenters. The fourth-order valence-corrected chi connectivity index (χ4v) is 3.04. The fraction of sp³-hybridized carbons (Fsp3) is 0.438. The second-order valence-corrected chi connectivity index (χ2v) is 5.85. The van der Waals surface area contributed by atoms with Crippen LogP contribution in [0.1, 0.15) is 30.8 Å². The Kier molecular flexibility index (Phi) is 4.86. The highest BCUT2D eigenvalue weighted by atomic mass is 79.9. The molecule has 0 radical (unpaired) electrons. The Morgan fingerprint density at radius 2 is 1.80 bits per heavy atom. The van der Waals surface area contributed by atoms with Crippen molar-refractivity contribution in [1.82, 2.24) is 9.78 Å². The van der Waals surface area contributed by atoms with E-state index in [1.165, 1.54) is 16.9 Å². The van der Waals surface area contributed by atoms with E-state index in [0.29, 0.717) is 0 Å². The lowest BCUT2D eigenvalue weighted by Crippen LogP contribution is -2.18. The molecule has 0 N–H and O–H groups in total. The average Bonchev–Trinajstić information content (AvgIpc) is 2.74. The maximum atomic E-state index is 4.55. The number of hydrogen-bond donors (Lipinski definition) is 0. The second-order valence-electron chi connectivity index (χ2n) is 5.06. The molecule has 0 spiro atoms. The first-order chi connectivity index (χ1) is 9.56. The molecule has 2 rings (SSSR count). The molecule has 108 valence electrons. The van der Waals surface area contributed by atoms with Crippen LogP contribution in [0.15, 0.2) is 28.7 Å². The average molecular weight is 336 g/mol. The van der Waals surface area contributed by atoms with E-state index in [4.69, 9.17) is 0 Å². The minimum Gasteiger partial charge on any atom is -0.369 e. The van der Waals surface area contributed by atoms with E-state index in [9.17, 15) is 0 Å². The largest absolute Gasteiger partial charge is 0.369 e. The summed E-state index contributed by atoms with van der Waals surface area (Å²) >= 11 is 3.68. The second kappa shape index (κ2) is 6.44. The molecule has 1 aromatic carbocycles. The van der Waals surface area contributed by atoms with Crippen LogP contribution >= 0.6 is 15.9 Å². The zero-order valence-electron chi connectivity index (χ0n) is 12.7. The van der Waals surface area contributed by atoms with E-state index >= 15 is 0 Å².